The Morgan fingerprint density at radius 2 is 1.62 bits per heavy atom. The molecular weight excluding hydrogens is 470 g/mol. The molecule has 180 valence electrons. The molecule has 2 atom stereocenters. The Hall–Kier alpha value is -4.08. The van der Waals surface area contributed by atoms with Gasteiger partial charge in [0.05, 0.1) is 0 Å². The van der Waals surface area contributed by atoms with E-state index in [9.17, 15) is 0 Å². The Morgan fingerprint density at radius 1 is 0.784 bits per heavy atom. The smallest absolute Gasteiger partial charge is 0.134 e. The molecule has 3 aromatic carbocycles. The molecule has 37 heavy (non-hydrogen) atoms. The summed E-state index contributed by atoms with van der Waals surface area (Å²) in [6.07, 6.45) is 13.3. The van der Waals surface area contributed by atoms with E-state index >= 15 is 0 Å². The molecule has 2 unspecified atom stereocenters. The van der Waals surface area contributed by atoms with Crippen LogP contribution < -0.4 is 5.32 Å². The second kappa shape index (κ2) is 9.42. The molecule has 2 aliphatic rings. The van der Waals surface area contributed by atoms with Crippen LogP contribution in [-0.4, -0.2) is 0 Å². The molecule has 2 heterocycles. The van der Waals surface area contributed by atoms with Gasteiger partial charge in [-0.25, -0.2) is 0 Å². The van der Waals surface area contributed by atoms with Crippen molar-refractivity contribution in [1.82, 2.24) is 0 Å². The highest BCUT2D eigenvalue weighted by Crippen LogP contribution is 2.41. The maximum atomic E-state index is 6.30. The van der Waals surface area contributed by atoms with Gasteiger partial charge in [0.1, 0.15) is 11.3 Å². The monoisotopic (exact) mass is 497 g/mol. The standard InChI is InChI=1S/C34H27NOS/c1-2-7-24(8-3-1)32-21-22-33(37-32)25-15-19-27(20-16-25)35-26-17-13-23(14-18-26)28-10-6-11-30-29-9-4-5-12-31(29)36-34(28)30/h1-9,11-15,17-22,25,28,35H,10,16H2. The molecule has 2 nitrogen and oxygen atoms in total. The van der Waals surface area contributed by atoms with E-state index in [2.05, 4.69) is 121 Å². The SMILES string of the molecule is C1=Cc2c(oc3ccccc23)C(c2ccc(NC3=CCC(c4ccc(-c5ccccc5)s4)C=C3)cc2)C1. The van der Waals surface area contributed by atoms with Crippen molar-refractivity contribution in [3.8, 4) is 10.4 Å². The second-order valence-electron chi connectivity index (χ2n) is 9.74. The van der Waals surface area contributed by atoms with Gasteiger partial charge in [-0.15, -0.1) is 11.3 Å². The molecular formula is C34H27NOS. The highest BCUT2D eigenvalue weighted by Gasteiger charge is 2.25. The van der Waals surface area contributed by atoms with Crippen LogP contribution in [0.3, 0.4) is 0 Å². The number of hydrogen-bond donors (Lipinski definition) is 1. The third kappa shape index (κ3) is 4.26. The predicted octanol–water partition coefficient (Wildman–Crippen LogP) is 9.75. The molecule has 0 amide bonds. The molecule has 0 radical (unpaired) electrons. The molecule has 0 saturated heterocycles. The summed E-state index contributed by atoms with van der Waals surface area (Å²) in [7, 11) is 0. The number of thiophene rings is 1. The number of nitrogens with one attached hydrogen (secondary N) is 1. The van der Waals surface area contributed by atoms with Gasteiger partial charge in [-0.2, -0.15) is 0 Å². The molecule has 1 N–H and O–H groups in total. The van der Waals surface area contributed by atoms with Crippen LogP contribution in [0.1, 0.15) is 46.4 Å². The van der Waals surface area contributed by atoms with Crippen LogP contribution in [0.4, 0.5) is 5.69 Å². The zero-order chi connectivity index (χ0) is 24.6. The lowest BCUT2D eigenvalue weighted by atomic mass is 9.87. The quantitative estimate of drug-likeness (QED) is 0.261. The van der Waals surface area contributed by atoms with Gasteiger partial charge in [-0.3, -0.25) is 0 Å². The fourth-order valence-electron chi connectivity index (χ4n) is 5.43. The highest BCUT2D eigenvalue weighted by molar-refractivity contribution is 7.15. The molecule has 3 heteroatoms. The number of allylic oxidation sites excluding steroid dienone is 4. The van der Waals surface area contributed by atoms with E-state index in [1.807, 2.05) is 17.4 Å². The summed E-state index contributed by atoms with van der Waals surface area (Å²) >= 11 is 1.90. The second-order valence-corrected chi connectivity index (χ2v) is 10.9. The van der Waals surface area contributed by atoms with Crippen molar-refractivity contribution in [2.24, 2.45) is 0 Å². The molecule has 0 bridgehead atoms. The molecule has 0 saturated carbocycles. The third-order valence-corrected chi connectivity index (χ3v) is 8.65. The number of benzene rings is 3. The minimum atomic E-state index is 0.252. The van der Waals surface area contributed by atoms with E-state index in [4.69, 9.17) is 4.42 Å². The first kappa shape index (κ1) is 22.1. The van der Waals surface area contributed by atoms with E-state index in [1.165, 1.54) is 31.8 Å². The maximum Gasteiger partial charge on any atom is 0.134 e. The Balaban J connectivity index is 1.03. The van der Waals surface area contributed by atoms with Gasteiger partial charge in [0.25, 0.3) is 0 Å². The van der Waals surface area contributed by atoms with Gasteiger partial charge in [0.2, 0.25) is 0 Å². The molecule has 2 aromatic heterocycles. The number of para-hydroxylation sites is 1. The molecule has 0 spiro atoms. The average molecular weight is 498 g/mol. The van der Waals surface area contributed by atoms with Crippen LogP contribution in [0.2, 0.25) is 0 Å². The molecule has 0 aliphatic heterocycles. The predicted molar refractivity (Wildman–Crippen MR) is 156 cm³/mol. The minimum Gasteiger partial charge on any atom is -0.460 e. The zero-order valence-electron chi connectivity index (χ0n) is 20.4. The number of rotatable bonds is 5. The van der Waals surface area contributed by atoms with Crippen molar-refractivity contribution < 1.29 is 4.42 Å². The summed E-state index contributed by atoms with van der Waals surface area (Å²) < 4.78 is 6.30. The fraction of sp³-hybridized carbons (Fsp3) is 0.118. The Bertz CT molecular complexity index is 1650. The largest absolute Gasteiger partial charge is 0.460 e. The first-order valence-corrected chi connectivity index (χ1v) is 13.7. The summed E-state index contributed by atoms with van der Waals surface area (Å²) in [4.78, 5) is 2.75. The molecule has 2 aliphatic carbocycles. The van der Waals surface area contributed by atoms with E-state index in [1.54, 1.807) is 0 Å². The summed E-state index contributed by atoms with van der Waals surface area (Å²) in [5.74, 6) is 1.77. The fourth-order valence-corrected chi connectivity index (χ4v) is 6.54. The normalized spacial score (nSPS) is 18.5. The third-order valence-electron chi connectivity index (χ3n) is 7.39. The summed E-state index contributed by atoms with van der Waals surface area (Å²) in [5, 5.41) is 4.79. The Labute approximate surface area is 221 Å². The van der Waals surface area contributed by atoms with Crippen molar-refractivity contribution >= 4 is 34.1 Å². The first-order chi connectivity index (χ1) is 18.3. The van der Waals surface area contributed by atoms with Crippen molar-refractivity contribution in [3.63, 3.8) is 0 Å². The van der Waals surface area contributed by atoms with E-state index in [0.717, 1.165) is 35.6 Å². The van der Waals surface area contributed by atoms with Crippen molar-refractivity contribution in [2.75, 3.05) is 5.32 Å². The van der Waals surface area contributed by atoms with Crippen molar-refractivity contribution in [2.45, 2.75) is 24.7 Å². The highest BCUT2D eigenvalue weighted by atomic mass is 32.1. The van der Waals surface area contributed by atoms with Crippen LogP contribution >= 0.6 is 11.3 Å². The average Bonchev–Trinajstić information content (AvgIpc) is 3.60. The van der Waals surface area contributed by atoms with Gasteiger partial charge in [0, 0.05) is 43.9 Å². The molecule has 7 rings (SSSR count). The minimum absolute atomic E-state index is 0.252. The summed E-state index contributed by atoms with van der Waals surface area (Å²) in [6.45, 7) is 0. The Kier molecular flexibility index (Phi) is 5.64. The van der Waals surface area contributed by atoms with Crippen LogP contribution in [0.25, 0.3) is 27.5 Å². The van der Waals surface area contributed by atoms with Gasteiger partial charge in [-0.1, -0.05) is 85.0 Å². The maximum absolute atomic E-state index is 6.30. The Morgan fingerprint density at radius 3 is 2.46 bits per heavy atom. The summed E-state index contributed by atoms with van der Waals surface area (Å²) in [5.41, 5.74) is 7.04. The first-order valence-electron chi connectivity index (χ1n) is 12.9. The van der Waals surface area contributed by atoms with Crippen LogP contribution in [0.5, 0.6) is 0 Å². The number of hydrogen-bond acceptors (Lipinski definition) is 3. The van der Waals surface area contributed by atoms with E-state index in [0.29, 0.717) is 5.92 Å². The topological polar surface area (TPSA) is 25.2 Å². The van der Waals surface area contributed by atoms with E-state index < -0.39 is 0 Å². The lowest BCUT2D eigenvalue weighted by Gasteiger charge is -2.19. The van der Waals surface area contributed by atoms with Crippen LogP contribution in [0, 0.1) is 0 Å². The van der Waals surface area contributed by atoms with Gasteiger partial charge in [-0.05, 0) is 60.4 Å². The number of anilines is 1. The molecule has 5 aromatic rings. The number of furan rings is 1. The lowest BCUT2D eigenvalue weighted by Crippen LogP contribution is -2.05. The van der Waals surface area contributed by atoms with Gasteiger partial charge < -0.3 is 9.73 Å². The van der Waals surface area contributed by atoms with Gasteiger partial charge in [0.15, 0.2) is 0 Å². The van der Waals surface area contributed by atoms with Gasteiger partial charge >= 0.3 is 0 Å². The zero-order valence-corrected chi connectivity index (χ0v) is 21.2. The van der Waals surface area contributed by atoms with Crippen LogP contribution in [0.15, 0.2) is 125 Å². The number of fused-ring (bicyclic) bond motifs is 3. The summed E-state index contributed by atoms with van der Waals surface area (Å²) in [6, 6.07) is 32.3. The van der Waals surface area contributed by atoms with Crippen molar-refractivity contribution in [1.29, 1.82) is 0 Å². The lowest BCUT2D eigenvalue weighted by molar-refractivity contribution is 0.517. The van der Waals surface area contributed by atoms with Crippen molar-refractivity contribution in [3.05, 3.63) is 143 Å². The van der Waals surface area contributed by atoms with E-state index in [-0.39, 0.29) is 5.92 Å². The van der Waals surface area contributed by atoms with Crippen LogP contribution in [-0.2, 0) is 0 Å². The molecule has 0 fully saturated rings.